The van der Waals surface area contributed by atoms with Gasteiger partial charge >= 0.3 is 0 Å². The number of likely N-dealkylation sites (tertiary alicyclic amines) is 1. The number of carbonyl (C=O) groups excluding carboxylic acids is 1. The number of hydrogen-bond donors (Lipinski definition) is 1. The fourth-order valence-electron chi connectivity index (χ4n) is 3.54. The Bertz CT molecular complexity index is 280. The number of rotatable bonds is 8. The Morgan fingerprint density at radius 2 is 1.84 bits per heavy atom. The molecule has 3 heteroatoms. The lowest BCUT2D eigenvalue weighted by Gasteiger charge is -2.23. The van der Waals surface area contributed by atoms with E-state index >= 15 is 0 Å². The molecule has 0 unspecified atom stereocenters. The number of hydrogen-bond acceptors (Lipinski definition) is 2. The Balaban J connectivity index is 1.55. The SMILES string of the molecule is CCCCCCCCCC(=O)N1CC[C@H]2CNC[C@H]21. The molecule has 0 spiro atoms. The van der Waals surface area contributed by atoms with Crippen LogP contribution in [0.4, 0.5) is 0 Å². The van der Waals surface area contributed by atoms with Crippen LogP contribution in [0.15, 0.2) is 0 Å². The molecule has 2 atom stereocenters. The van der Waals surface area contributed by atoms with Gasteiger partial charge in [-0.25, -0.2) is 0 Å². The van der Waals surface area contributed by atoms with Gasteiger partial charge in [-0.1, -0.05) is 45.4 Å². The minimum absolute atomic E-state index is 0.407. The van der Waals surface area contributed by atoms with Crippen LogP contribution in [0.1, 0.15) is 64.7 Å². The Kier molecular flexibility index (Phi) is 6.15. The first-order chi connectivity index (χ1) is 9.33. The molecule has 1 amide bonds. The van der Waals surface area contributed by atoms with Gasteiger partial charge in [0.2, 0.25) is 5.91 Å². The predicted octanol–water partition coefficient (Wildman–Crippen LogP) is 2.95. The Morgan fingerprint density at radius 1 is 1.11 bits per heavy atom. The topological polar surface area (TPSA) is 32.3 Å². The van der Waals surface area contributed by atoms with Crippen molar-refractivity contribution in [1.29, 1.82) is 0 Å². The Hall–Kier alpha value is -0.570. The molecule has 110 valence electrons. The van der Waals surface area contributed by atoms with Crippen LogP contribution in [0.5, 0.6) is 0 Å². The van der Waals surface area contributed by atoms with E-state index in [1.165, 1.54) is 44.9 Å². The van der Waals surface area contributed by atoms with Crippen molar-refractivity contribution in [2.75, 3.05) is 19.6 Å². The smallest absolute Gasteiger partial charge is 0.222 e. The lowest BCUT2D eigenvalue weighted by Crippen LogP contribution is -2.38. The van der Waals surface area contributed by atoms with E-state index in [1.54, 1.807) is 0 Å². The molecule has 0 radical (unpaired) electrons. The lowest BCUT2D eigenvalue weighted by molar-refractivity contribution is -0.132. The van der Waals surface area contributed by atoms with E-state index in [0.29, 0.717) is 11.9 Å². The summed E-state index contributed by atoms with van der Waals surface area (Å²) in [6.45, 7) is 5.39. The number of unbranched alkanes of at least 4 members (excludes halogenated alkanes) is 6. The van der Waals surface area contributed by atoms with Crippen molar-refractivity contribution in [3.8, 4) is 0 Å². The summed E-state index contributed by atoms with van der Waals surface area (Å²) in [4.78, 5) is 14.4. The molecular formula is C16H30N2O. The standard InChI is InChI=1S/C16H30N2O/c1-2-3-4-5-6-7-8-9-16(19)18-11-10-14-12-17-13-15(14)18/h14-15,17H,2-13H2,1H3/t14-,15+/m0/s1. The third-order valence-corrected chi connectivity index (χ3v) is 4.76. The van der Waals surface area contributed by atoms with Crippen molar-refractivity contribution in [3.63, 3.8) is 0 Å². The zero-order chi connectivity index (χ0) is 13.5. The van der Waals surface area contributed by atoms with Gasteiger partial charge in [0.1, 0.15) is 0 Å². The quantitative estimate of drug-likeness (QED) is 0.685. The normalized spacial score (nSPS) is 25.8. The van der Waals surface area contributed by atoms with Gasteiger partial charge in [0.25, 0.3) is 0 Å². The molecule has 2 saturated heterocycles. The van der Waals surface area contributed by atoms with Crippen LogP contribution in [-0.4, -0.2) is 36.5 Å². The minimum atomic E-state index is 0.407. The van der Waals surface area contributed by atoms with Crippen molar-refractivity contribution in [1.82, 2.24) is 10.2 Å². The van der Waals surface area contributed by atoms with Gasteiger partial charge in [0, 0.05) is 32.1 Å². The van der Waals surface area contributed by atoms with E-state index in [9.17, 15) is 4.79 Å². The second-order valence-corrected chi connectivity index (χ2v) is 6.23. The highest BCUT2D eigenvalue weighted by Gasteiger charge is 2.39. The summed E-state index contributed by atoms with van der Waals surface area (Å²) in [6.07, 6.45) is 11.0. The van der Waals surface area contributed by atoms with Crippen LogP contribution in [0.3, 0.4) is 0 Å². The highest BCUT2D eigenvalue weighted by atomic mass is 16.2. The summed E-state index contributed by atoms with van der Waals surface area (Å²) in [5.41, 5.74) is 0. The first-order valence-corrected chi connectivity index (χ1v) is 8.33. The average Bonchev–Trinajstić information content (AvgIpc) is 2.99. The largest absolute Gasteiger partial charge is 0.338 e. The summed E-state index contributed by atoms with van der Waals surface area (Å²) >= 11 is 0. The fraction of sp³-hybridized carbons (Fsp3) is 0.938. The first-order valence-electron chi connectivity index (χ1n) is 8.33. The van der Waals surface area contributed by atoms with E-state index < -0.39 is 0 Å². The second kappa shape index (κ2) is 7.88. The molecule has 2 aliphatic rings. The van der Waals surface area contributed by atoms with Crippen LogP contribution in [0, 0.1) is 5.92 Å². The number of carbonyl (C=O) groups is 1. The highest BCUT2D eigenvalue weighted by Crippen LogP contribution is 2.27. The molecule has 1 N–H and O–H groups in total. The number of amides is 1. The zero-order valence-corrected chi connectivity index (χ0v) is 12.5. The van der Waals surface area contributed by atoms with Gasteiger partial charge in [-0.15, -0.1) is 0 Å². The number of nitrogens with zero attached hydrogens (tertiary/aromatic N) is 1. The lowest BCUT2D eigenvalue weighted by atomic mass is 10.0. The van der Waals surface area contributed by atoms with Crippen LogP contribution in [-0.2, 0) is 4.79 Å². The van der Waals surface area contributed by atoms with Gasteiger partial charge < -0.3 is 10.2 Å². The third-order valence-electron chi connectivity index (χ3n) is 4.76. The number of fused-ring (bicyclic) bond motifs is 1. The van der Waals surface area contributed by atoms with Gasteiger partial charge in [0.05, 0.1) is 0 Å². The van der Waals surface area contributed by atoms with Crippen LogP contribution in [0.25, 0.3) is 0 Å². The van der Waals surface area contributed by atoms with Crippen molar-refractivity contribution >= 4 is 5.91 Å². The molecule has 2 aliphatic heterocycles. The summed E-state index contributed by atoms with van der Waals surface area (Å²) in [6, 6.07) is 0.511. The minimum Gasteiger partial charge on any atom is -0.338 e. The summed E-state index contributed by atoms with van der Waals surface area (Å²) in [5, 5.41) is 3.41. The van der Waals surface area contributed by atoms with E-state index in [1.807, 2.05) is 0 Å². The fourth-order valence-corrected chi connectivity index (χ4v) is 3.54. The van der Waals surface area contributed by atoms with Gasteiger partial charge in [0.15, 0.2) is 0 Å². The monoisotopic (exact) mass is 266 g/mol. The van der Waals surface area contributed by atoms with E-state index in [0.717, 1.165) is 38.4 Å². The molecule has 3 nitrogen and oxygen atoms in total. The number of nitrogens with one attached hydrogen (secondary N) is 1. The maximum atomic E-state index is 12.2. The van der Waals surface area contributed by atoms with E-state index in [2.05, 4.69) is 17.1 Å². The molecule has 2 heterocycles. The first kappa shape index (κ1) is 14.8. The highest BCUT2D eigenvalue weighted by molar-refractivity contribution is 5.77. The molecule has 2 rings (SSSR count). The van der Waals surface area contributed by atoms with Crippen LogP contribution in [0.2, 0.25) is 0 Å². The van der Waals surface area contributed by atoms with Gasteiger partial charge in [-0.05, 0) is 18.8 Å². The Morgan fingerprint density at radius 3 is 2.63 bits per heavy atom. The molecular weight excluding hydrogens is 236 g/mol. The zero-order valence-electron chi connectivity index (χ0n) is 12.5. The van der Waals surface area contributed by atoms with Crippen molar-refractivity contribution in [2.45, 2.75) is 70.8 Å². The second-order valence-electron chi connectivity index (χ2n) is 6.23. The summed E-state index contributed by atoms with van der Waals surface area (Å²) in [7, 11) is 0. The van der Waals surface area contributed by atoms with Crippen molar-refractivity contribution < 1.29 is 4.79 Å². The molecule has 0 aromatic rings. The van der Waals surface area contributed by atoms with Crippen LogP contribution < -0.4 is 5.32 Å². The van der Waals surface area contributed by atoms with Crippen LogP contribution >= 0.6 is 0 Å². The third kappa shape index (κ3) is 4.20. The predicted molar refractivity (Wildman–Crippen MR) is 79.1 cm³/mol. The molecule has 0 aromatic carbocycles. The Labute approximate surface area is 118 Å². The molecule has 0 bridgehead atoms. The summed E-state index contributed by atoms with van der Waals surface area (Å²) in [5.74, 6) is 1.14. The van der Waals surface area contributed by atoms with E-state index in [-0.39, 0.29) is 0 Å². The summed E-state index contributed by atoms with van der Waals surface area (Å²) < 4.78 is 0. The van der Waals surface area contributed by atoms with E-state index in [4.69, 9.17) is 0 Å². The van der Waals surface area contributed by atoms with Crippen molar-refractivity contribution in [2.24, 2.45) is 5.92 Å². The maximum absolute atomic E-state index is 12.2. The van der Waals surface area contributed by atoms with Gasteiger partial charge in [-0.2, -0.15) is 0 Å². The maximum Gasteiger partial charge on any atom is 0.222 e. The van der Waals surface area contributed by atoms with Gasteiger partial charge in [-0.3, -0.25) is 4.79 Å². The molecule has 0 aromatic heterocycles. The molecule has 0 aliphatic carbocycles. The molecule has 19 heavy (non-hydrogen) atoms. The molecule has 2 fully saturated rings. The molecule has 0 saturated carbocycles. The average molecular weight is 266 g/mol. The van der Waals surface area contributed by atoms with Crippen molar-refractivity contribution in [3.05, 3.63) is 0 Å².